The molecule has 0 fully saturated rings. The van der Waals surface area contributed by atoms with E-state index in [0.717, 1.165) is 12.2 Å². The highest BCUT2D eigenvalue weighted by Gasteiger charge is 2.24. The Hall–Kier alpha value is -5.35. The largest absolute Gasteiger partial charge is 0.493 e. The SMILES string of the molecule is COCCOc1cc2ncnc(NC3=CC(=O)C(Oc4ccc(C(=O)c5ccccc5)cc4)=CC3=O)c2cc1OC. The third-order valence-electron chi connectivity index (χ3n) is 6.15. The number of nitrogens with one attached hydrogen (secondary N) is 1. The van der Waals surface area contributed by atoms with Gasteiger partial charge in [0, 0.05) is 41.8 Å². The van der Waals surface area contributed by atoms with Gasteiger partial charge < -0.3 is 24.3 Å². The van der Waals surface area contributed by atoms with Crippen molar-refractivity contribution in [2.75, 3.05) is 32.8 Å². The summed E-state index contributed by atoms with van der Waals surface area (Å²) in [4.78, 5) is 46.9. The second kappa shape index (κ2) is 12.2. The number of hydrogen-bond acceptors (Lipinski definition) is 10. The van der Waals surface area contributed by atoms with Crippen molar-refractivity contribution >= 4 is 34.1 Å². The lowest BCUT2D eigenvalue weighted by atomic mass is 10.0. The smallest absolute Gasteiger partial charge is 0.223 e. The fourth-order valence-electron chi connectivity index (χ4n) is 4.07. The third-order valence-corrected chi connectivity index (χ3v) is 6.15. The number of allylic oxidation sites excluding steroid dienone is 2. The maximum absolute atomic E-state index is 12.9. The molecule has 4 aromatic rings. The van der Waals surface area contributed by atoms with Crippen molar-refractivity contribution in [2.24, 2.45) is 0 Å². The predicted octanol–water partition coefficient (Wildman–Crippen LogP) is 4.31. The number of carbonyl (C=O) groups excluding carboxylic acids is 3. The van der Waals surface area contributed by atoms with Crippen molar-refractivity contribution in [2.45, 2.75) is 0 Å². The van der Waals surface area contributed by atoms with Gasteiger partial charge >= 0.3 is 0 Å². The molecular formula is C31H25N3O7. The van der Waals surface area contributed by atoms with Gasteiger partial charge in [0.2, 0.25) is 11.6 Å². The van der Waals surface area contributed by atoms with Gasteiger partial charge in [-0.25, -0.2) is 9.97 Å². The Kier molecular flexibility index (Phi) is 8.12. The molecule has 0 saturated carbocycles. The standard InChI is InChI=1S/C31H25N3O7/c1-38-12-13-40-29-16-23-22(14-28(29)39-2)31(33-18-32-23)34-24-15-26(36)27(17-25(24)35)41-21-10-8-20(9-11-21)30(37)19-6-4-3-5-7-19/h3-11,14-18H,12-13H2,1-2H3,(H,32,33,34). The summed E-state index contributed by atoms with van der Waals surface area (Å²) in [5.41, 5.74) is 1.59. The number of rotatable bonds is 11. The van der Waals surface area contributed by atoms with E-state index in [0.29, 0.717) is 58.3 Å². The van der Waals surface area contributed by atoms with Crippen molar-refractivity contribution in [3.8, 4) is 17.2 Å². The lowest BCUT2D eigenvalue weighted by Crippen LogP contribution is -2.21. The van der Waals surface area contributed by atoms with Crippen LogP contribution in [0.4, 0.5) is 5.82 Å². The lowest BCUT2D eigenvalue weighted by molar-refractivity contribution is -0.116. The zero-order valence-corrected chi connectivity index (χ0v) is 22.2. The molecule has 0 spiro atoms. The van der Waals surface area contributed by atoms with Crippen molar-refractivity contribution in [1.29, 1.82) is 0 Å². The van der Waals surface area contributed by atoms with Gasteiger partial charge in [-0.3, -0.25) is 14.4 Å². The first-order chi connectivity index (χ1) is 20.0. The zero-order chi connectivity index (χ0) is 28.8. The quantitative estimate of drug-likeness (QED) is 0.164. The molecule has 3 aromatic carbocycles. The van der Waals surface area contributed by atoms with Crippen LogP contribution < -0.4 is 19.5 Å². The Morgan fingerprint density at radius 2 is 1.59 bits per heavy atom. The van der Waals surface area contributed by atoms with E-state index in [1.54, 1.807) is 67.8 Å². The second-order valence-electron chi connectivity index (χ2n) is 8.83. The van der Waals surface area contributed by atoms with Crippen molar-refractivity contribution in [3.63, 3.8) is 0 Å². The van der Waals surface area contributed by atoms with E-state index < -0.39 is 11.6 Å². The number of carbonyl (C=O) groups is 3. The zero-order valence-electron chi connectivity index (χ0n) is 22.2. The van der Waals surface area contributed by atoms with E-state index in [1.807, 2.05) is 6.07 Å². The van der Waals surface area contributed by atoms with Crippen LogP contribution in [0.1, 0.15) is 15.9 Å². The average Bonchev–Trinajstić information content (AvgIpc) is 3.00. The van der Waals surface area contributed by atoms with Crippen LogP contribution in [-0.4, -0.2) is 54.8 Å². The molecule has 1 aliphatic carbocycles. The van der Waals surface area contributed by atoms with E-state index in [2.05, 4.69) is 15.3 Å². The minimum atomic E-state index is -0.513. The highest BCUT2D eigenvalue weighted by atomic mass is 16.5. The van der Waals surface area contributed by atoms with Crippen LogP contribution in [0.25, 0.3) is 10.9 Å². The number of ether oxygens (including phenoxy) is 4. The molecule has 1 N–H and O–H groups in total. The molecule has 0 aliphatic heterocycles. The highest BCUT2D eigenvalue weighted by molar-refractivity contribution is 6.20. The maximum atomic E-state index is 12.9. The van der Waals surface area contributed by atoms with Crippen LogP contribution in [0.2, 0.25) is 0 Å². The van der Waals surface area contributed by atoms with Gasteiger partial charge in [0.25, 0.3) is 0 Å². The summed E-state index contributed by atoms with van der Waals surface area (Å²) in [6.45, 7) is 0.727. The summed E-state index contributed by atoms with van der Waals surface area (Å²) in [5, 5.41) is 3.49. The number of anilines is 1. The predicted molar refractivity (Wildman–Crippen MR) is 150 cm³/mol. The van der Waals surface area contributed by atoms with E-state index in [-0.39, 0.29) is 17.2 Å². The molecule has 1 aliphatic rings. The maximum Gasteiger partial charge on any atom is 0.223 e. The number of fused-ring (bicyclic) bond motifs is 1. The Labute approximate surface area is 235 Å². The minimum absolute atomic E-state index is 0.0190. The first kappa shape index (κ1) is 27.2. The molecule has 1 aromatic heterocycles. The van der Waals surface area contributed by atoms with Crippen LogP contribution in [0.3, 0.4) is 0 Å². The van der Waals surface area contributed by atoms with Crippen LogP contribution in [0, 0.1) is 0 Å². The third kappa shape index (κ3) is 6.13. The molecule has 10 nitrogen and oxygen atoms in total. The summed E-state index contributed by atoms with van der Waals surface area (Å²) in [5.74, 6) is 0.267. The van der Waals surface area contributed by atoms with Gasteiger partial charge in [0.1, 0.15) is 24.5 Å². The Bertz CT molecular complexity index is 1680. The Morgan fingerprint density at radius 1 is 0.829 bits per heavy atom. The first-order valence-electron chi connectivity index (χ1n) is 12.6. The molecule has 0 atom stereocenters. The summed E-state index contributed by atoms with van der Waals surface area (Å²) in [6, 6.07) is 18.6. The van der Waals surface area contributed by atoms with E-state index in [9.17, 15) is 14.4 Å². The number of aromatic nitrogens is 2. The number of benzene rings is 3. The van der Waals surface area contributed by atoms with E-state index >= 15 is 0 Å². The van der Waals surface area contributed by atoms with Crippen molar-refractivity contribution < 1.29 is 33.3 Å². The molecule has 0 amide bonds. The van der Waals surface area contributed by atoms with Gasteiger partial charge in [-0.05, 0) is 30.3 Å². The molecule has 0 unspecified atom stereocenters. The lowest BCUT2D eigenvalue weighted by Gasteiger charge is -2.16. The average molecular weight is 552 g/mol. The Morgan fingerprint density at radius 3 is 2.32 bits per heavy atom. The fraction of sp³-hybridized carbons (Fsp3) is 0.129. The number of hydrogen-bond donors (Lipinski definition) is 1. The van der Waals surface area contributed by atoms with Gasteiger partial charge in [-0.1, -0.05) is 30.3 Å². The first-order valence-corrected chi connectivity index (χ1v) is 12.6. The molecule has 10 heteroatoms. The van der Waals surface area contributed by atoms with Gasteiger partial charge in [-0.15, -0.1) is 0 Å². The Balaban J connectivity index is 1.30. The molecule has 0 saturated heterocycles. The van der Waals surface area contributed by atoms with E-state index in [1.165, 1.54) is 13.4 Å². The van der Waals surface area contributed by atoms with Gasteiger partial charge in [-0.2, -0.15) is 0 Å². The molecule has 5 rings (SSSR count). The van der Waals surface area contributed by atoms with Crippen LogP contribution in [0.5, 0.6) is 17.2 Å². The molecular weight excluding hydrogens is 526 g/mol. The number of nitrogens with zero attached hydrogens (tertiary/aromatic N) is 2. The normalized spacial score (nSPS) is 12.9. The van der Waals surface area contributed by atoms with Gasteiger partial charge in [0.15, 0.2) is 23.0 Å². The number of methoxy groups -OCH3 is 2. The molecule has 1 heterocycles. The van der Waals surface area contributed by atoms with Crippen LogP contribution >= 0.6 is 0 Å². The summed E-state index contributed by atoms with van der Waals surface area (Å²) in [7, 11) is 3.09. The molecule has 0 radical (unpaired) electrons. The topological polar surface area (TPSA) is 126 Å². The minimum Gasteiger partial charge on any atom is -0.493 e. The summed E-state index contributed by atoms with van der Waals surface area (Å²) >= 11 is 0. The molecule has 0 bridgehead atoms. The number of ketones is 3. The van der Waals surface area contributed by atoms with Gasteiger partial charge in [0.05, 0.1) is 24.9 Å². The van der Waals surface area contributed by atoms with Crippen LogP contribution in [-0.2, 0) is 14.3 Å². The summed E-state index contributed by atoms with van der Waals surface area (Å²) < 4.78 is 21.9. The van der Waals surface area contributed by atoms with Crippen molar-refractivity contribution in [3.05, 3.63) is 108 Å². The highest BCUT2D eigenvalue weighted by Crippen LogP contribution is 2.34. The second-order valence-corrected chi connectivity index (χ2v) is 8.83. The molecule has 41 heavy (non-hydrogen) atoms. The molecule has 206 valence electrons. The monoisotopic (exact) mass is 551 g/mol. The van der Waals surface area contributed by atoms with E-state index in [4.69, 9.17) is 18.9 Å². The summed E-state index contributed by atoms with van der Waals surface area (Å²) in [6.07, 6.45) is 3.60. The fourth-order valence-corrected chi connectivity index (χ4v) is 4.07. The van der Waals surface area contributed by atoms with Crippen LogP contribution in [0.15, 0.2) is 96.7 Å². The van der Waals surface area contributed by atoms with Crippen molar-refractivity contribution in [1.82, 2.24) is 9.97 Å².